The maximum atomic E-state index is 13.8. The van der Waals surface area contributed by atoms with Crippen molar-refractivity contribution in [3.05, 3.63) is 29.6 Å². The molecule has 23 heavy (non-hydrogen) atoms. The van der Waals surface area contributed by atoms with Gasteiger partial charge in [0.1, 0.15) is 17.1 Å². The van der Waals surface area contributed by atoms with Gasteiger partial charge in [-0.05, 0) is 43.4 Å². The fraction of sp³-hybridized carbons (Fsp3) is 0.611. The average Bonchev–Trinajstić information content (AvgIpc) is 2.50. The molecule has 2 rings (SSSR count). The van der Waals surface area contributed by atoms with Gasteiger partial charge in [0, 0.05) is 19.6 Å². The third-order valence-electron chi connectivity index (χ3n) is 4.30. The molecule has 1 aromatic carbocycles. The van der Waals surface area contributed by atoms with Gasteiger partial charge in [-0.3, -0.25) is 4.79 Å². The zero-order valence-corrected chi connectivity index (χ0v) is 14.3. The van der Waals surface area contributed by atoms with Crippen LogP contribution in [0.5, 0.6) is 5.75 Å². The molecular weight excluding hydrogens is 295 g/mol. The van der Waals surface area contributed by atoms with E-state index in [0.29, 0.717) is 6.54 Å². The Hall–Kier alpha value is -1.62. The van der Waals surface area contributed by atoms with Crippen molar-refractivity contribution in [2.75, 3.05) is 33.3 Å². The minimum absolute atomic E-state index is 0.0183. The lowest BCUT2D eigenvalue weighted by molar-refractivity contribution is 0.0940. The van der Waals surface area contributed by atoms with E-state index in [-0.39, 0.29) is 11.3 Å². The van der Waals surface area contributed by atoms with E-state index < -0.39 is 11.7 Å². The molecule has 128 valence electrons. The third kappa shape index (κ3) is 4.93. The Balaban J connectivity index is 1.79. The highest BCUT2D eigenvalue weighted by atomic mass is 19.1. The number of methoxy groups -OCH3 is 1. The molecule has 0 radical (unpaired) electrons. The van der Waals surface area contributed by atoms with E-state index in [1.54, 1.807) is 6.07 Å². The van der Waals surface area contributed by atoms with E-state index in [9.17, 15) is 9.18 Å². The number of hydrogen-bond acceptors (Lipinski definition) is 3. The van der Waals surface area contributed by atoms with E-state index in [1.807, 2.05) is 0 Å². The fourth-order valence-electron chi connectivity index (χ4n) is 3.46. The molecule has 0 saturated carbocycles. The standard InChI is InChI=1S/C18H27FN2O2/c1-13-10-14(2)12-21(11-13)9-5-8-20-18(22)17-15(19)6-4-7-16(17)23-3/h4,6-7,13-14H,5,8-12H2,1-3H3,(H,20,22)/t13-,14-/m0/s1. The van der Waals surface area contributed by atoms with Gasteiger partial charge in [0.2, 0.25) is 0 Å². The van der Waals surface area contributed by atoms with Crippen LogP contribution in [0.25, 0.3) is 0 Å². The Morgan fingerprint density at radius 3 is 2.70 bits per heavy atom. The van der Waals surface area contributed by atoms with Crippen LogP contribution in [0.15, 0.2) is 18.2 Å². The van der Waals surface area contributed by atoms with Crippen LogP contribution >= 0.6 is 0 Å². The summed E-state index contributed by atoms with van der Waals surface area (Å²) in [6.07, 6.45) is 2.16. The molecule has 1 fully saturated rings. The second kappa shape index (κ2) is 8.29. The summed E-state index contributed by atoms with van der Waals surface area (Å²) in [6.45, 7) is 8.32. The molecule has 2 atom stereocenters. The van der Waals surface area contributed by atoms with Crippen molar-refractivity contribution in [1.82, 2.24) is 10.2 Å². The molecule has 5 heteroatoms. The van der Waals surface area contributed by atoms with Gasteiger partial charge in [0.25, 0.3) is 5.91 Å². The zero-order chi connectivity index (χ0) is 16.8. The van der Waals surface area contributed by atoms with Crippen molar-refractivity contribution in [2.45, 2.75) is 26.7 Å². The molecule has 0 bridgehead atoms. The molecule has 1 aromatic rings. The highest BCUT2D eigenvalue weighted by molar-refractivity contribution is 5.97. The molecule has 1 N–H and O–H groups in total. The molecule has 1 aliphatic rings. The molecular formula is C18H27FN2O2. The quantitative estimate of drug-likeness (QED) is 0.819. The molecule has 1 heterocycles. The number of carbonyl (C=O) groups is 1. The Morgan fingerprint density at radius 1 is 1.35 bits per heavy atom. The minimum Gasteiger partial charge on any atom is -0.496 e. The summed E-state index contributed by atoms with van der Waals surface area (Å²) in [5.41, 5.74) is -0.0183. The Morgan fingerprint density at radius 2 is 2.04 bits per heavy atom. The fourth-order valence-corrected chi connectivity index (χ4v) is 3.46. The normalized spacial score (nSPS) is 21.9. The molecule has 0 aliphatic carbocycles. The van der Waals surface area contributed by atoms with Crippen molar-refractivity contribution in [3.63, 3.8) is 0 Å². The van der Waals surface area contributed by atoms with Crippen LogP contribution in [0.4, 0.5) is 4.39 Å². The molecule has 1 saturated heterocycles. The van der Waals surface area contributed by atoms with E-state index in [4.69, 9.17) is 4.74 Å². The van der Waals surface area contributed by atoms with Gasteiger partial charge in [0.05, 0.1) is 7.11 Å². The maximum Gasteiger partial charge on any atom is 0.258 e. The average molecular weight is 322 g/mol. The van der Waals surface area contributed by atoms with Crippen molar-refractivity contribution < 1.29 is 13.9 Å². The first-order chi connectivity index (χ1) is 11.0. The molecule has 4 nitrogen and oxygen atoms in total. The van der Waals surface area contributed by atoms with Crippen molar-refractivity contribution >= 4 is 5.91 Å². The van der Waals surface area contributed by atoms with E-state index in [1.165, 1.54) is 25.7 Å². The van der Waals surface area contributed by atoms with Gasteiger partial charge in [-0.2, -0.15) is 0 Å². The topological polar surface area (TPSA) is 41.6 Å². The van der Waals surface area contributed by atoms with E-state index in [0.717, 1.165) is 37.9 Å². The van der Waals surface area contributed by atoms with Crippen molar-refractivity contribution in [3.8, 4) is 5.75 Å². The number of nitrogens with one attached hydrogen (secondary N) is 1. The number of rotatable bonds is 6. The summed E-state index contributed by atoms with van der Waals surface area (Å²) in [4.78, 5) is 14.6. The second-order valence-corrected chi connectivity index (χ2v) is 6.63. The number of piperidine rings is 1. The molecule has 1 aliphatic heterocycles. The van der Waals surface area contributed by atoms with Crippen molar-refractivity contribution in [1.29, 1.82) is 0 Å². The van der Waals surface area contributed by atoms with Crippen LogP contribution in [-0.2, 0) is 0 Å². The summed E-state index contributed by atoms with van der Waals surface area (Å²) >= 11 is 0. The molecule has 0 unspecified atom stereocenters. The summed E-state index contributed by atoms with van der Waals surface area (Å²) in [7, 11) is 1.43. The number of ether oxygens (including phenoxy) is 1. The van der Waals surface area contributed by atoms with Crippen LogP contribution in [0, 0.1) is 17.7 Å². The number of likely N-dealkylation sites (tertiary alicyclic amines) is 1. The van der Waals surface area contributed by atoms with Gasteiger partial charge >= 0.3 is 0 Å². The lowest BCUT2D eigenvalue weighted by Gasteiger charge is -2.34. The first-order valence-corrected chi connectivity index (χ1v) is 8.34. The third-order valence-corrected chi connectivity index (χ3v) is 4.30. The number of nitrogens with zero attached hydrogens (tertiary/aromatic N) is 1. The minimum atomic E-state index is -0.555. The maximum absolute atomic E-state index is 13.8. The number of hydrogen-bond donors (Lipinski definition) is 1. The summed E-state index contributed by atoms with van der Waals surface area (Å²) in [5.74, 6) is 0.758. The van der Waals surface area contributed by atoms with E-state index >= 15 is 0 Å². The smallest absolute Gasteiger partial charge is 0.258 e. The number of amides is 1. The van der Waals surface area contributed by atoms with Gasteiger partial charge < -0.3 is 15.0 Å². The largest absolute Gasteiger partial charge is 0.496 e. The summed E-state index contributed by atoms with van der Waals surface area (Å²) in [5, 5.41) is 2.79. The summed E-state index contributed by atoms with van der Waals surface area (Å²) in [6, 6.07) is 4.39. The van der Waals surface area contributed by atoms with Gasteiger partial charge in [-0.1, -0.05) is 19.9 Å². The zero-order valence-electron chi connectivity index (χ0n) is 14.3. The van der Waals surface area contributed by atoms with Crippen LogP contribution in [-0.4, -0.2) is 44.1 Å². The van der Waals surface area contributed by atoms with Crippen LogP contribution in [0.1, 0.15) is 37.0 Å². The predicted molar refractivity (Wildman–Crippen MR) is 89.3 cm³/mol. The number of benzene rings is 1. The van der Waals surface area contributed by atoms with Gasteiger partial charge in [0.15, 0.2) is 0 Å². The number of halogens is 1. The molecule has 0 aromatic heterocycles. The molecule has 1 amide bonds. The Labute approximate surface area is 138 Å². The lowest BCUT2D eigenvalue weighted by Crippen LogP contribution is -2.40. The van der Waals surface area contributed by atoms with Crippen LogP contribution in [0.2, 0.25) is 0 Å². The Bertz CT molecular complexity index is 526. The van der Waals surface area contributed by atoms with Gasteiger partial charge in [-0.15, -0.1) is 0 Å². The predicted octanol–water partition coefficient (Wildman–Crippen LogP) is 2.93. The first kappa shape index (κ1) is 17.7. The van der Waals surface area contributed by atoms with Crippen molar-refractivity contribution in [2.24, 2.45) is 11.8 Å². The summed E-state index contributed by atoms with van der Waals surface area (Å²) < 4.78 is 18.9. The number of carbonyl (C=O) groups excluding carboxylic acids is 1. The van der Waals surface area contributed by atoms with Crippen LogP contribution < -0.4 is 10.1 Å². The second-order valence-electron chi connectivity index (χ2n) is 6.63. The van der Waals surface area contributed by atoms with Gasteiger partial charge in [-0.25, -0.2) is 4.39 Å². The highest BCUT2D eigenvalue weighted by Crippen LogP contribution is 2.22. The highest BCUT2D eigenvalue weighted by Gasteiger charge is 2.21. The molecule has 0 spiro atoms. The van der Waals surface area contributed by atoms with Crippen LogP contribution in [0.3, 0.4) is 0 Å². The van der Waals surface area contributed by atoms with E-state index in [2.05, 4.69) is 24.1 Å². The monoisotopic (exact) mass is 322 g/mol. The SMILES string of the molecule is COc1cccc(F)c1C(=O)NCCCN1C[C@@H](C)C[C@H](C)C1. The Kier molecular flexibility index (Phi) is 6.39. The lowest BCUT2D eigenvalue weighted by atomic mass is 9.92. The first-order valence-electron chi connectivity index (χ1n) is 8.34.